The number of nitrogens with zero attached hydrogens (tertiary/aromatic N) is 4. The maximum atomic E-state index is 13.6. The van der Waals surface area contributed by atoms with E-state index in [1.807, 2.05) is 42.5 Å². The van der Waals surface area contributed by atoms with Crippen molar-refractivity contribution in [3.63, 3.8) is 0 Å². The molecule has 3 aromatic heterocycles. The number of nitrogens with one attached hydrogen (secondary N) is 1. The standard InChI is InChI=1S/C24H19ClN5O6PS2/c25-13-6-8-14(9-7-13)39-24-27-17-20(30(24)22-18(31)19-16(35-22)11-34-37(33,38)36-19)28-23-26-15(10-29(23)21(17)32)12-4-2-1-3-5-12/h1-10,16,18-19,22,31H,11H2,(H,26,28)(H,33,38)/t16-,18?,19?,22-,37?/m1/s1. The zero-order valence-electron chi connectivity index (χ0n) is 19.7. The van der Waals surface area contributed by atoms with E-state index in [-0.39, 0.29) is 23.3 Å². The van der Waals surface area contributed by atoms with Crippen LogP contribution in [0.25, 0.3) is 28.2 Å². The highest BCUT2D eigenvalue weighted by molar-refractivity contribution is 8.07. The molecule has 2 aromatic carbocycles. The fraction of sp³-hybridized carbons (Fsp3) is 0.208. The van der Waals surface area contributed by atoms with Crippen LogP contribution in [0.1, 0.15) is 6.23 Å². The molecule has 0 amide bonds. The molecule has 15 heteroatoms. The third kappa shape index (κ3) is 4.44. The van der Waals surface area contributed by atoms with E-state index < -0.39 is 31.3 Å². The van der Waals surface area contributed by atoms with Gasteiger partial charge in [0.1, 0.15) is 18.3 Å². The lowest BCUT2D eigenvalue weighted by atomic mass is 10.1. The summed E-state index contributed by atoms with van der Waals surface area (Å²) in [6, 6.07) is 16.7. The van der Waals surface area contributed by atoms with Gasteiger partial charge >= 0.3 is 6.72 Å². The summed E-state index contributed by atoms with van der Waals surface area (Å²) in [5, 5.41) is 12.2. The van der Waals surface area contributed by atoms with Crippen LogP contribution in [-0.2, 0) is 25.6 Å². The SMILES string of the molecule is O=c1c2nc(Sc3ccc(Cl)cc3)n([C@@H]3O[C@@H]4COP(O)(=S)OC4C3O)c2nc2[nH]c(-c3ccccc3)cn12. The smallest absolute Gasteiger partial charge is 0.325 e. The van der Waals surface area contributed by atoms with Crippen molar-refractivity contribution < 1.29 is 23.8 Å². The molecule has 5 atom stereocenters. The summed E-state index contributed by atoms with van der Waals surface area (Å²) in [5.41, 5.74) is 1.51. The lowest BCUT2D eigenvalue weighted by Gasteiger charge is -2.30. The molecule has 2 aliphatic rings. The number of imidazole rings is 2. The Morgan fingerprint density at radius 3 is 2.69 bits per heavy atom. The first kappa shape index (κ1) is 25.4. The van der Waals surface area contributed by atoms with Gasteiger partial charge in [-0.1, -0.05) is 53.7 Å². The zero-order valence-corrected chi connectivity index (χ0v) is 23.0. The van der Waals surface area contributed by atoms with Crippen molar-refractivity contribution in [2.75, 3.05) is 6.61 Å². The van der Waals surface area contributed by atoms with Crippen LogP contribution in [0.5, 0.6) is 0 Å². The van der Waals surface area contributed by atoms with Crippen molar-refractivity contribution in [2.45, 2.75) is 34.6 Å². The van der Waals surface area contributed by atoms with Gasteiger partial charge in [-0.25, -0.2) is 9.38 Å². The van der Waals surface area contributed by atoms with Crippen molar-refractivity contribution in [1.29, 1.82) is 0 Å². The molecule has 200 valence electrons. The Bertz CT molecular complexity index is 1830. The number of ether oxygens (including phenoxy) is 1. The predicted octanol–water partition coefficient (Wildman–Crippen LogP) is 3.73. The van der Waals surface area contributed by atoms with Gasteiger partial charge in [-0.2, -0.15) is 4.98 Å². The van der Waals surface area contributed by atoms with Crippen LogP contribution in [-0.4, -0.2) is 58.8 Å². The molecule has 5 heterocycles. The topological polar surface area (TPSA) is 136 Å². The monoisotopic (exact) mass is 603 g/mol. The number of H-pyrrole nitrogens is 1. The zero-order chi connectivity index (χ0) is 26.9. The molecule has 5 aromatic rings. The normalized spacial score (nSPS) is 26.8. The Morgan fingerprint density at radius 2 is 1.92 bits per heavy atom. The maximum Gasteiger partial charge on any atom is 0.325 e. The van der Waals surface area contributed by atoms with Crippen LogP contribution in [0.4, 0.5) is 0 Å². The largest absolute Gasteiger partial charge is 0.386 e. The molecule has 2 saturated heterocycles. The number of aromatic amines is 1. The van der Waals surface area contributed by atoms with E-state index in [1.165, 1.54) is 16.2 Å². The van der Waals surface area contributed by atoms with E-state index in [9.17, 15) is 14.8 Å². The first-order valence-electron chi connectivity index (χ1n) is 11.8. The fourth-order valence-corrected chi connectivity index (χ4v) is 7.21. The summed E-state index contributed by atoms with van der Waals surface area (Å²) in [4.78, 5) is 37.2. The Balaban J connectivity index is 1.39. The summed E-state index contributed by atoms with van der Waals surface area (Å²) >= 11 is 12.3. The lowest BCUT2D eigenvalue weighted by molar-refractivity contribution is -0.0619. The second-order valence-electron chi connectivity index (χ2n) is 9.03. The molecule has 3 N–H and O–H groups in total. The van der Waals surface area contributed by atoms with E-state index in [4.69, 9.17) is 42.2 Å². The quantitative estimate of drug-likeness (QED) is 0.261. The molecule has 0 saturated carbocycles. The molecule has 0 aliphatic carbocycles. The second-order valence-corrected chi connectivity index (χ2v) is 13.3. The van der Waals surface area contributed by atoms with E-state index in [2.05, 4.69) is 9.97 Å². The number of hydrogen-bond donors (Lipinski definition) is 3. The highest BCUT2D eigenvalue weighted by atomic mass is 35.5. The third-order valence-corrected chi connectivity index (χ3v) is 9.34. The van der Waals surface area contributed by atoms with Gasteiger partial charge in [0.05, 0.1) is 12.3 Å². The van der Waals surface area contributed by atoms with Gasteiger partial charge in [-0.3, -0.25) is 13.9 Å². The number of fused-ring (bicyclic) bond motifs is 3. The Labute approximate surface area is 234 Å². The average molecular weight is 604 g/mol. The number of aliphatic hydroxyl groups is 1. The molecular formula is C24H19ClN5O6PS2. The Kier molecular flexibility index (Phi) is 6.19. The summed E-state index contributed by atoms with van der Waals surface area (Å²) in [6.45, 7) is -3.55. The molecule has 0 radical (unpaired) electrons. The van der Waals surface area contributed by atoms with Crippen molar-refractivity contribution in [3.8, 4) is 11.3 Å². The minimum absolute atomic E-state index is 0.0459. The van der Waals surface area contributed by atoms with Crippen LogP contribution < -0.4 is 5.56 Å². The number of aromatic nitrogens is 5. The molecule has 0 bridgehead atoms. The summed E-state index contributed by atoms with van der Waals surface area (Å²) in [5.74, 6) is 0.297. The molecule has 7 rings (SSSR count). The second kappa shape index (κ2) is 9.51. The molecule has 11 nitrogen and oxygen atoms in total. The number of hydrogen-bond acceptors (Lipinski definition) is 9. The van der Waals surface area contributed by atoms with E-state index in [0.29, 0.717) is 21.7 Å². The summed E-state index contributed by atoms with van der Waals surface area (Å²) in [6.07, 6.45) is -2.24. The van der Waals surface area contributed by atoms with Gasteiger partial charge in [0.15, 0.2) is 22.5 Å². The first-order chi connectivity index (χ1) is 18.8. The van der Waals surface area contributed by atoms with Crippen LogP contribution in [0.15, 0.2) is 75.6 Å². The first-order valence-corrected chi connectivity index (χ1v) is 15.6. The van der Waals surface area contributed by atoms with Crippen LogP contribution in [0, 0.1) is 0 Å². The number of halogens is 1. The molecule has 2 fully saturated rings. The van der Waals surface area contributed by atoms with Gasteiger partial charge in [0, 0.05) is 16.1 Å². The number of rotatable bonds is 4. The number of benzene rings is 2. The molecule has 3 unspecified atom stereocenters. The minimum Gasteiger partial charge on any atom is -0.386 e. The van der Waals surface area contributed by atoms with Crippen LogP contribution in [0.2, 0.25) is 5.02 Å². The highest BCUT2D eigenvalue weighted by Crippen LogP contribution is 2.53. The lowest BCUT2D eigenvalue weighted by Crippen LogP contribution is -2.39. The predicted molar refractivity (Wildman–Crippen MR) is 147 cm³/mol. The average Bonchev–Trinajstić information content (AvgIpc) is 3.60. The van der Waals surface area contributed by atoms with Crippen molar-refractivity contribution in [1.82, 2.24) is 23.9 Å². The van der Waals surface area contributed by atoms with Gasteiger partial charge in [0.2, 0.25) is 5.78 Å². The van der Waals surface area contributed by atoms with Gasteiger partial charge in [0.25, 0.3) is 5.56 Å². The third-order valence-electron chi connectivity index (χ3n) is 6.55. The van der Waals surface area contributed by atoms with E-state index >= 15 is 0 Å². The Morgan fingerprint density at radius 1 is 1.15 bits per heavy atom. The molecule has 39 heavy (non-hydrogen) atoms. The maximum absolute atomic E-state index is 13.6. The van der Waals surface area contributed by atoms with Crippen molar-refractivity contribution >= 4 is 58.8 Å². The molecule has 2 aliphatic heterocycles. The van der Waals surface area contributed by atoms with Crippen LogP contribution >= 0.6 is 30.1 Å². The van der Waals surface area contributed by atoms with E-state index in [0.717, 1.165) is 10.5 Å². The molecule has 0 spiro atoms. The summed E-state index contributed by atoms with van der Waals surface area (Å²) in [7, 11) is 0. The van der Waals surface area contributed by atoms with Gasteiger partial charge < -0.3 is 24.2 Å². The van der Waals surface area contributed by atoms with E-state index in [1.54, 1.807) is 22.9 Å². The highest BCUT2D eigenvalue weighted by Gasteiger charge is 2.52. The van der Waals surface area contributed by atoms with Crippen LogP contribution in [0.3, 0.4) is 0 Å². The van der Waals surface area contributed by atoms with Crippen molar-refractivity contribution in [2.24, 2.45) is 0 Å². The Hall–Kier alpha value is -2.58. The minimum atomic E-state index is -3.51. The molecular weight excluding hydrogens is 585 g/mol. The van der Waals surface area contributed by atoms with Gasteiger partial charge in [-0.15, -0.1) is 0 Å². The van der Waals surface area contributed by atoms with Gasteiger partial charge in [-0.05, 0) is 41.6 Å². The van der Waals surface area contributed by atoms with Crippen molar-refractivity contribution in [3.05, 3.63) is 76.2 Å². The summed E-state index contributed by atoms with van der Waals surface area (Å²) < 4.78 is 19.9. The fourth-order valence-electron chi connectivity index (χ4n) is 4.73. The number of aliphatic hydroxyl groups excluding tert-OH is 1.